The minimum Gasteiger partial charge on any atom is -0.356 e. The van der Waals surface area contributed by atoms with Crippen LogP contribution in [0.3, 0.4) is 0 Å². The Morgan fingerprint density at radius 2 is 1.81 bits per heavy atom. The molecular formula is C13H28N2O. The molecule has 0 aromatic carbocycles. The van der Waals surface area contributed by atoms with Gasteiger partial charge in [0.15, 0.2) is 0 Å². The number of nitrogens with two attached hydrogens (primary N) is 1. The number of carbonyl (C=O) groups is 1. The van der Waals surface area contributed by atoms with Crippen LogP contribution in [-0.2, 0) is 4.79 Å². The Labute approximate surface area is 100 Å². The number of hydrogen-bond donors (Lipinski definition) is 2. The van der Waals surface area contributed by atoms with E-state index < -0.39 is 0 Å². The summed E-state index contributed by atoms with van der Waals surface area (Å²) in [5, 5.41) is 2.97. The van der Waals surface area contributed by atoms with Gasteiger partial charge in [-0.05, 0) is 38.1 Å². The summed E-state index contributed by atoms with van der Waals surface area (Å²) in [5.41, 5.74) is 5.40. The quantitative estimate of drug-likeness (QED) is 0.564. The summed E-state index contributed by atoms with van der Waals surface area (Å²) < 4.78 is 0. The molecule has 0 aromatic rings. The molecule has 3 nitrogen and oxygen atoms in total. The molecule has 0 fully saturated rings. The molecule has 0 heterocycles. The van der Waals surface area contributed by atoms with Gasteiger partial charge in [0.1, 0.15) is 0 Å². The molecule has 0 aliphatic heterocycles. The molecule has 0 aromatic heterocycles. The number of rotatable bonds is 10. The van der Waals surface area contributed by atoms with Crippen molar-refractivity contribution in [1.29, 1.82) is 0 Å². The van der Waals surface area contributed by atoms with Gasteiger partial charge in [0, 0.05) is 13.0 Å². The van der Waals surface area contributed by atoms with Gasteiger partial charge in [-0.3, -0.25) is 4.79 Å². The van der Waals surface area contributed by atoms with E-state index in [9.17, 15) is 4.79 Å². The van der Waals surface area contributed by atoms with E-state index >= 15 is 0 Å². The molecular weight excluding hydrogens is 200 g/mol. The van der Waals surface area contributed by atoms with Crippen molar-refractivity contribution in [1.82, 2.24) is 5.32 Å². The van der Waals surface area contributed by atoms with Crippen molar-refractivity contribution in [2.75, 3.05) is 13.1 Å². The van der Waals surface area contributed by atoms with Crippen LogP contribution in [0.1, 0.15) is 58.8 Å². The fourth-order valence-corrected chi connectivity index (χ4v) is 1.61. The van der Waals surface area contributed by atoms with E-state index in [1.165, 1.54) is 6.42 Å². The molecule has 0 saturated carbocycles. The Morgan fingerprint density at radius 3 is 2.44 bits per heavy atom. The molecule has 0 saturated heterocycles. The predicted molar refractivity (Wildman–Crippen MR) is 69.2 cm³/mol. The highest BCUT2D eigenvalue weighted by Crippen LogP contribution is 2.03. The third-order valence-electron chi connectivity index (χ3n) is 2.64. The second-order valence-corrected chi connectivity index (χ2v) is 4.84. The van der Waals surface area contributed by atoms with E-state index in [2.05, 4.69) is 19.2 Å². The van der Waals surface area contributed by atoms with Crippen LogP contribution in [-0.4, -0.2) is 19.0 Å². The lowest BCUT2D eigenvalue weighted by Gasteiger charge is -2.06. The van der Waals surface area contributed by atoms with Gasteiger partial charge in [-0.15, -0.1) is 0 Å². The summed E-state index contributed by atoms with van der Waals surface area (Å²) in [6.07, 6.45) is 7.30. The largest absolute Gasteiger partial charge is 0.356 e. The third kappa shape index (κ3) is 11.5. The molecule has 0 rings (SSSR count). The highest BCUT2D eigenvalue weighted by Gasteiger charge is 2.00. The van der Waals surface area contributed by atoms with Crippen LogP contribution in [0.15, 0.2) is 0 Å². The Bertz CT molecular complexity index is 169. The van der Waals surface area contributed by atoms with Crippen LogP contribution in [0, 0.1) is 5.92 Å². The van der Waals surface area contributed by atoms with Crippen LogP contribution in [0.5, 0.6) is 0 Å². The normalized spacial score (nSPS) is 10.8. The summed E-state index contributed by atoms with van der Waals surface area (Å²) >= 11 is 0. The van der Waals surface area contributed by atoms with Crippen LogP contribution in [0.4, 0.5) is 0 Å². The Balaban J connectivity index is 3.18. The zero-order chi connectivity index (χ0) is 12.2. The van der Waals surface area contributed by atoms with Crippen molar-refractivity contribution in [3.05, 3.63) is 0 Å². The second-order valence-electron chi connectivity index (χ2n) is 4.84. The van der Waals surface area contributed by atoms with E-state index in [0.717, 1.165) is 51.1 Å². The second kappa shape index (κ2) is 10.9. The lowest BCUT2D eigenvalue weighted by atomic mass is 10.1. The van der Waals surface area contributed by atoms with Crippen molar-refractivity contribution in [3.63, 3.8) is 0 Å². The Kier molecular flexibility index (Phi) is 10.5. The van der Waals surface area contributed by atoms with Crippen LogP contribution < -0.4 is 11.1 Å². The summed E-state index contributed by atoms with van der Waals surface area (Å²) in [5.74, 6) is 0.935. The monoisotopic (exact) mass is 228 g/mol. The average molecular weight is 228 g/mol. The minimum atomic E-state index is 0.205. The van der Waals surface area contributed by atoms with Crippen molar-refractivity contribution >= 4 is 5.91 Å². The molecule has 3 N–H and O–H groups in total. The summed E-state index contributed by atoms with van der Waals surface area (Å²) in [6.45, 7) is 6.01. The molecule has 96 valence electrons. The number of nitrogens with one attached hydrogen (secondary N) is 1. The van der Waals surface area contributed by atoms with Crippen molar-refractivity contribution in [2.24, 2.45) is 11.7 Å². The van der Waals surface area contributed by atoms with Gasteiger partial charge in [-0.2, -0.15) is 0 Å². The van der Waals surface area contributed by atoms with Gasteiger partial charge in [0.25, 0.3) is 0 Å². The molecule has 0 aliphatic carbocycles. The molecule has 0 atom stereocenters. The SMILES string of the molecule is CC(C)CCCNC(=O)CCCCCCN. The number of hydrogen-bond acceptors (Lipinski definition) is 2. The van der Waals surface area contributed by atoms with Gasteiger partial charge in [0.2, 0.25) is 5.91 Å². The van der Waals surface area contributed by atoms with Gasteiger partial charge >= 0.3 is 0 Å². The van der Waals surface area contributed by atoms with E-state index in [0.29, 0.717) is 6.42 Å². The molecule has 0 aliphatic rings. The summed E-state index contributed by atoms with van der Waals surface area (Å²) in [6, 6.07) is 0. The zero-order valence-corrected chi connectivity index (χ0v) is 10.9. The highest BCUT2D eigenvalue weighted by molar-refractivity contribution is 5.75. The van der Waals surface area contributed by atoms with E-state index in [1.807, 2.05) is 0 Å². The first-order chi connectivity index (χ1) is 7.66. The van der Waals surface area contributed by atoms with Gasteiger partial charge < -0.3 is 11.1 Å². The molecule has 0 spiro atoms. The summed E-state index contributed by atoms with van der Waals surface area (Å²) in [7, 11) is 0. The molecule has 0 bridgehead atoms. The lowest BCUT2D eigenvalue weighted by molar-refractivity contribution is -0.121. The topological polar surface area (TPSA) is 55.1 Å². The maximum absolute atomic E-state index is 11.4. The first kappa shape index (κ1) is 15.4. The van der Waals surface area contributed by atoms with Gasteiger partial charge in [-0.1, -0.05) is 26.7 Å². The number of unbranched alkanes of at least 4 members (excludes halogenated alkanes) is 3. The van der Waals surface area contributed by atoms with E-state index in [4.69, 9.17) is 5.73 Å². The van der Waals surface area contributed by atoms with Crippen LogP contribution >= 0.6 is 0 Å². The third-order valence-corrected chi connectivity index (χ3v) is 2.64. The van der Waals surface area contributed by atoms with Gasteiger partial charge in [-0.25, -0.2) is 0 Å². The molecule has 1 amide bonds. The van der Waals surface area contributed by atoms with Crippen molar-refractivity contribution in [2.45, 2.75) is 58.8 Å². The first-order valence-electron chi connectivity index (χ1n) is 6.63. The lowest BCUT2D eigenvalue weighted by Crippen LogP contribution is -2.24. The molecule has 3 heteroatoms. The molecule has 16 heavy (non-hydrogen) atoms. The van der Waals surface area contributed by atoms with Crippen molar-refractivity contribution in [3.8, 4) is 0 Å². The van der Waals surface area contributed by atoms with E-state index in [1.54, 1.807) is 0 Å². The number of carbonyl (C=O) groups excluding carboxylic acids is 1. The highest BCUT2D eigenvalue weighted by atomic mass is 16.1. The van der Waals surface area contributed by atoms with Crippen LogP contribution in [0.25, 0.3) is 0 Å². The molecule has 0 radical (unpaired) electrons. The van der Waals surface area contributed by atoms with Crippen molar-refractivity contribution < 1.29 is 4.79 Å². The minimum absolute atomic E-state index is 0.205. The fraction of sp³-hybridized carbons (Fsp3) is 0.923. The maximum atomic E-state index is 11.4. The summed E-state index contributed by atoms with van der Waals surface area (Å²) in [4.78, 5) is 11.4. The fourth-order valence-electron chi connectivity index (χ4n) is 1.61. The Morgan fingerprint density at radius 1 is 1.12 bits per heavy atom. The zero-order valence-electron chi connectivity index (χ0n) is 10.9. The number of amides is 1. The Hall–Kier alpha value is -0.570. The molecule has 0 unspecified atom stereocenters. The standard InChI is InChI=1S/C13H28N2O/c1-12(2)8-7-11-15-13(16)9-5-3-4-6-10-14/h12H,3-11,14H2,1-2H3,(H,15,16). The first-order valence-corrected chi connectivity index (χ1v) is 6.63. The van der Waals surface area contributed by atoms with E-state index in [-0.39, 0.29) is 5.91 Å². The van der Waals surface area contributed by atoms with Crippen LogP contribution in [0.2, 0.25) is 0 Å². The van der Waals surface area contributed by atoms with Gasteiger partial charge in [0.05, 0.1) is 0 Å². The average Bonchev–Trinajstić information content (AvgIpc) is 2.24. The predicted octanol–water partition coefficient (Wildman–Crippen LogP) is 2.45. The smallest absolute Gasteiger partial charge is 0.219 e. The maximum Gasteiger partial charge on any atom is 0.219 e.